The minimum absolute atomic E-state index is 0.0269. The maximum atomic E-state index is 12.6. The number of nitrogens with zero attached hydrogens (tertiary/aromatic N) is 2. The van der Waals surface area contributed by atoms with E-state index in [-0.39, 0.29) is 19.4 Å². The van der Waals surface area contributed by atoms with Gasteiger partial charge < -0.3 is 5.11 Å². The molecule has 1 N–H and O–H groups in total. The van der Waals surface area contributed by atoms with Crippen LogP contribution < -0.4 is 0 Å². The Labute approximate surface area is 85.5 Å². The zero-order valence-electron chi connectivity index (χ0n) is 8.28. The number of aliphatic carboxylic acids is 1. The molecule has 0 saturated carbocycles. The third-order valence-corrected chi connectivity index (χ3v) is 1.90. The molecule has 0 aliphatic carbocycles. The van der Waals surface area contributed by atoms with Gasteiger partial charge in [0.1, 0.15) is 0 Å². The molecular weight excluding hydrogens is 206 g/mol. The molecule has 0 fully saturated rings. The Morgan fingerprint density at radius 3 is 2.87 bits per heavy atom. The monoisotopic (exact) mass is 218 g/mol. The first-order valence-corrected chi connectivity index (χ1v) is 4.49. The summed E-state index contributed by atoms with van der Waals surface area (Å²) in [7, 11) is 0. The van der Waals surface area contributed by atoms with Gasteiger partial charge in [-0.25, -0.2) is 8.78 Å². The minimum atomic E-state index is -2.76. The number of hydrogen-bond donors (Lipinski definition) is 1. The summed E-state index contributed by atoms with van der Waals surface area (Å²) >= 11 is 0. The van der Waals surface area contributed by atoms with E-state index < -0.39 is 11.9 Å². The van der Waals surface area contributed by atoms with E-state index in [1.165, 1.54) is 16.9 Å². The van der Waals surface area contributed by atoms with E-state index in [9.17, 15) is 13.6 Å². The molecule has 15 heavy (non-hydrogen) atoms. The van der Waals surface area contributed by atoms with Crippen LogP contribution in [0.5, 0.6) is 0 Å². The fraction of sp³-hybridized carbons (Fsp3) is 0.556. The molecule has 0 unspecified atom stereocenters. The van der Waals surface area contributed by atoms with E-state index in [1.807, 2.05) is 0 Å². The molecule has 1 rings (SSSR count). The predicted molar refractivity (Wildman–Crippen MR) is 48.8 cm³/mol. The average molecular weight is 218 g/mol. The van der Waals surface area contributed by atoms with Crippen LogP contribution in [0.1, 0.15) is 19.0 Å². The van der Waals surface area contributed by atoms with E-state index in [1.54, 1.807) is 0 Å². The lowest BCUT2D eigenvalue weighted by atomic mass is 10.2. The van der Waals surface area contributed by atoms with Crippen LogP contribution in [0.15, 0.2) is 12.3 Å². The first kappa shape index (κ1) is 11.6. The van der Waals surface area contributed by atoms with Gasteiger partial charge in [0, 0.05) is 24.9 Å². The Morgan fingerprint density at radius 1 is 1.67 bits per heavy atom. The van der Waals surface area contributed by atoms with Gasteiger partial charge in [-0.2, -0.15) is 5.10 Å². The molecule has 1 aromatic heterocycles. The van der Waals surface area contributed by atoms with Gasteiger partial charge in [0.2, 0.25) is 5.92 Å². The highest BCUT2D eigenvalue weighted by atomic mass is 19.3. The van der Waals surface area contributed by atoms with Crippen molar-refractivity contribution in [3.8, 4) is 0 Å². The summed E-state index contributed by atoms with van der Waals surface area (Å²) in [5.74, 6) is -3.76. The summed E-state index contributed by atoms with van der Waals surface area (Å²) in [5, 5.41) is 12.3. The van der Waals surface area contributed by atoms with Gasteiger partial charge in [-0.15, -0.1) is 0 Å². The van der Waals surface area contributed by atoms with Crippen LogP contribution in [0.4, 0.5) is 8.78 Å². The second-order valence-electron chi connectivity index (χ2n) is 3.44. The number of halogens is 2. The molecule has 1 heterocycles. The molecular formula is C9H12F2N2O2. The van der Waals surface area contributed by atoms with Crippen molar-refractivity contribution in [1.29, 1.82) is 0 Å². The van der Waals surface area contributed by atoms with Crippen molar-refractivity contribution >= 4 is 5.97 Å². The number of aryl methyl sites for hydroxylation is 1. The standard InChI is InChI=1S/C9H12F2N2O2/c1-9(10,11)3-5-13-7(2-4-12-13)6-8(14)15/h2,4H,3,5-6H2,1H3,(H,14,15). The molecule has 84 valence electrons. The van der Waals surface area contributed by atoms with Crippen LogP contribution in [0.3, 0.4) is 0 Å². The second kappa shape index (κ2) is 4.37. The molecule has 0 spiro atoms. The summed E-state index contributed by atoms with van der Waals surface area (Å²) in [4.78, 5) is 10.4. The lowest BCUT2D eigenvalue weighted by Gasteiger charge is -2.11. The summed E-state index contributed by atoms with van der Waals surface area (Å²) in [6, 6.07) is 1.52. The van der Waals surface area contributed by atoms with E-state index in [0.29, 0.717) is 5.69 Å². The van der Waals surface area contributed by atoms with Gasteiger partial charge in [-0.1, -0.05) is 0 Å². The number of carboxylic acid groups (broad SMARTS) is 1. The first-order chi connectivity index (χ1) is 6.88. The number of carboxylic acids is 1. The highest BCUT2D eigenvalue weighted by Gasteiger charge is 2.21. The number of alkyl halides is 2. The van der Waals surface area contributed by atoms with Crippen LogP contribution >= 0.6 is 0 Å². The molecule has 0 aliphatic heterocycles. The van der Waals surface area contributed by atoms with Gasteiger partial charge in [0.25, 0.3) is 0 Å². The van der Waals surface area contributed by atoms with Crippen molar-refractivity contribution in [2.24, 2.45) is 0 Å². The largest absolute Gasteiger partial charge is 0.481 e. The molecule has 6 heteroatoms. The quantitative estimate of drug-likeness (QED) is 0.815. The molecule has 0 radical (unpaired) electrons. The third kappa shape index (κ3) is 4.05. The number of aromatic nitrogens is 2. The Hall–Kier alpha value is -1.46. The summed E-state index contributed by atoms with van der Waals surface area (Å²) in [6.45, 7) is 0.854. The van der Waals surface area contributed by atoms with Crippen molar-refractivity contribution < 1.29 is 18.7 Å². The zero-order valence-corrected chi connectivity index (χ0v) is 8.28. The molecule has 0 saturated heterocycles. The maximum Gasteiger partial charge on any atom is 0.309 e. The van der Waals surface area contributed by atoms with Crippen LogP contribution in [0, 0.1) is 0 Å². The lowest BCUT2D eigenvalue weighted by Crippen LogP contribution is -2.17. The fourth-order valence-electron chi connectivity index (χ4n) is 1.17. The number of rotatable bonds is 5. The third-order valence-electron chi connectivity index (χ3n) is 1.90. The molecule has 1 aromatic rings. The van der Waals surface area contributed by atoms with Gasteiger partial charge >= 0.3 is 5.97 Å². The van der Waals surface area contributed by atoms with E-state index >= 15 is 0 Å². The summed E-state index contributed by atoms with van der Waals surface area (Å²) < 4.78 is 26.4. The normalized spacial score (nSPS) is 11.7. The molecule has 4 nitrogen and oxygen atoms in total. The summed E-state index contributed by atoms with van der Waals surface area (Å²) in [5.41, 5.74) is 0.437. The molecule has 0 bridgehead atoms. The van der Waals surface area contributed by atoms with Crippen LogP contribution in [0.25, 0.3) is 0 Å². The Kier molecular flexibility index (Phi) is 3.39. The van der Waals surface area contributed by atoms with Gasteiger partial charge in [-0.3, -0.25) is 9.48 Å². The number of hydrogen-bond acceptors (Lipinski definition) is 2. The maximum absolute atomic E-state index is 12.6. The van der Waals surface area contributed by atoms with Crippen LogP contribution in [-0.4, -0.2) is 26.8 Å². The molecule has 0 amide bonds. The minimum Gasteiger partial charge on any atom is -0.481 e. The van der Waals surface area contributed by atoms with Gasteiger partial charge in [0.15, 0.2) is 0 Å². The predicted octanol–water partition coefficient (Wildman–Crippen LogP) is 1.56. The van der Waals surface area contributed by atoms with E-state index in [0.717, 1.165) is 6.92 Å². The topological polar surface area (TPSA) is 55.1 Å². The molecule has 0 atom stereocenters. The van der Waals surface area contributed by atoms with E-state index in [2.05, 4.69) is 5.10 Å². The van der Waals surface area contributed by atoms with Gasteiger partial charge in [-0.05, 0) is 13.0 Å². The van der Waals surface area contributed by atoms with Crippen molar-refractivity contribution in [2.45, 2.75) is 32.2 Å². The molecule has 0 aliphatic rings. The highest BCUT2D eigenvalue weighted by molar-refractivity contribution is 5.69. The van der Waals surface area contributed by atoms with Crippen LogP contribution in [-0.2, 0) is 17.8 Å². The zero-order chi connectivity index (χ0) is 11.5. The van der Waals surface area contributed by atoms with E-state index in [4.69, 9.17) is 5.11 Å². The van der Waals surface area contributed by atoms with Crippen molar-refractivity contribution in [3.63, 3.8) is 0 Å². The smallest absolute Gasteiger partial charge is 0.309 e. The SMILES string of the molecule is CC(F)(F)CCn1nccc1CC(=O)O. The Balaban J connectivity index is 2.61. The fourth-order valence-corrected chi connectivity index (χ4v) is 1.17. The van der Waals surface area contributed by atoms with Crippen molar-refractivity contribution in [2.75, 3.05) is 0 Å². The van der Waals surface area contributed by atoms with Crippen molar-refractivity contribution in [1.82, 2.24) is 9.78 Å². The first-order valence-electron chi connectivity index (χ1n) is 4.49. The average Bonchev–Trinajstić information content (AvgIpc) is 2.46. The van der Waals surface area contributed by atoms with Crippen molar-refractivity contribution in [3.05, 3.63) is 18.0 Å². The Morgan fingerprint density at radius 2 is 2.33 bits per heavy atom. The molecule has 0 aromatic carbocycles. The van der Waals surface area contributed by atoms with Gasteiger partial charge in [0.05, 0.1) is 6.42 Å². The lowest BCUT2D eigenvalue weighted by molar-refractivity contribution is -0.136. The second-order valence-corrected chi connectivity index (χ2v) is 3.44. The number of carbonyl (C=O) groups is 1. The summed E-state index contributed by atoms with van der Waals surface area (Å²) in [6.07, 6.45) is 0.864. The highest BCUT2D eigenvalue weighted by Crippen LogP contribution is 2.17. The Bertz CT molecular complexity index is 344. The van der Waals surface area contributed by atoms with Crippen LogP contribution in [0.2, 0.25) is 0 Å².